The van der Waals surface area contributed by atoms with Gasteiger partial charge in [0, 0.05) is 6.42 Å². The maximum atomic E-state index is 11.6. The van der Waals surface area contributed by atoms with Crippen molar-refractivity contribution in [1.82, 2.24) is 5.32 Å². The third kappa shape index (κ3) is 4.64. The fraction of sp³-hybridized carbons (Fsp3) is 0.833. The van der Waals surface area contributed by atoms with Crippen LogP contribution in [0.1, 0.15) is 47.0 Å². The number of ether oxygens (including phenoxy) is 1. The Bertz CT molecular complexity index is 251. The number of hydrogen-bond donors (Lipinski definition) is 1. The first-order chi connectivity index (χ1) is 7.35. The fourth-order valence-corrected chi connectivity index (χ4v) is 1.67. The maximum Gasteiger partial charge on any atom is 0.331 e. The predicted octanol–water partition coefficient (Wildman–Crippen LogP) is 1.88. The topological polar surface area (TPSA) is 55.4 Å². The van der Waals surface area contributed by atoms with Gasteiger partial charge >= 0.3 is 5.97 Å². The van der Waals surface area contributed by atoms with Crippen LogP contribution in [0.25, 0.3) is 0 Å². The number of rotatable bonds is 6. The largest absolute Gasteiger partial charge is 0.467 e. The number of nitrogens with one attached hydrogen (secondary N) is 1. The summed E-state index contributed by atoms with van der Waals surface area (Å²) >= 11 is 0. The molecular weight excluding hydrogens is 206 g/mol. The molecule has 0 bridgehead atoms. The molecule has 0 radical (unpaired) electrons. The first kappa shape index (κ1) is 14.9. The lowest BCUT2D eigenvalue weighted by atomic mass is 9.95. The van der Waals surface area contributed by atoms with E-state index in [2.05, 4.69) is 5.32 Å². The van der Waals surface area contributed by atoms with Crippen LogP contribution < -0.4 is 5.32 Å². The van der Waals surface area contributed by atoms with E-state index in [4.69, 9.17) is 4.74 Å². The molecule has 0 aliphatic heterocycles. The molecule has 0 aromatic carbocycles. The molecule has 1 amide bonds. The second-order valence-electron chi connectivity index (χ2n) is 4.72. The molecule has 0 fully saturated rings. The Labute approximate surface area is 97.7 Å². The van der Waals surface area contributed by atoms with Crippen molar-refractivity contribution >= 4 is 11.9 Å². The minimum Gasteiger partial charge on any atom is -0.467 e. The van der Waals surface area contributed by atoms with Crippen LogP contribution in [0.2, 0.25) is 0 Å². The second-order valence-corrected chi connectivity index (χ2v) is 4.72. The lowest BCUT2D eigenvalue weighted by Crippen LogP contribution is -2.52. The van der Waals surface area contributed by atoms with Crippen molar-refractivity contribution in [1.29, 1.82) is 0 Å². The van der Waals surface area contributed by atoms with Gasteiger partial charge in [0.05, 0.1) is 7.11 Å². The van der Waals surface area contributed by atoms with Crippen LogP contribution >= 0.6 is 0 Å². The van der Waals surface area contributed by atoms with Crippen LogP contribution in [0, 0.1) is 5.92 Å². The first-order valence-electron chi connectivity index (χ1n) is 5.75. The molecule has 0 saturated carbocycles. The van der Waals surface area contributed by atoms with Crippen LogP contribution in [0.5, 0.6) is 0 Å². The van der Waals surface area contributed by atoms with E-state index in [0.29, 0.717) is 12.8 Å². The van der Waals surface area contributed by atoms with Crippen molar-refractivity contribution in [3.05, 3.63) is 0 Å². The Morgan fingerprint density at radius 2 is 1.94 bits per heavy atom. The zero-order valence-electron chi connectivity index (χ0n) is 10.9. The Hall–Kier alpha value is -1.06. The summed E-state index contributed by atoms with van der Waals surface area (Å²) in [6.07, 6.45) is 1.83. The van der Waals surface area contributed by atoms with Crippen molar-refractivity contribution in [2.45, 2.75) is 52.5 Å². The molecule has 1 N–H and O–H groups in total. The van der Waals surface area contributed by atoms with Gasteiger partial charge in [-0.25, -0.2) is 4.79 Å². The summed E-state index contributed by atoms with van der Waals surface area (Å²) in [5.41, 5.74) is -0.893. The maximum absolute atomic E-state index is 11.6. The van der Waals surface area contributed by atoms with Crippen LogP contribution in [-0.2, 0) is 14.3 Å². The summed E-state index contributed by atoms with van der Waals surface area (Å²) < 4.78 is 4.72. The number of esters is 1. The average molecular weight is 229 g/mol. The van der Waals surface area contributed by atoms with Crippen LogP contribution in [0.15, 0.2) is 0 Å². The Balaban J connectivity index is 4.55. The van der Waals surface area contributed by atoms with Gasteiger partial charge in [-0.05, 0) is 19.3 Å². The second kappa shape index (κ2) is 6.51. The molecule has 0 aliphatic rings. The molecule has 94 valence electrons. The molecule has 0 heterocycles. The summed E-state index contributed by atoms with van der Waals surface area (Å²) in [5, 5.41) is 2.76. The van der Waals surface area contributed by atoms with E-state index in [-0.39, 0.29) is 17.8 Å². The minimum atomic E-state index is -0.893. The molecule has 0 rings (SSSR count). The average Bonchev–Trinajstić information content (AvgIpc) is 2.15. The third-order valence-corrected chi connectivity index (χ3v) is 2.39. The van der Waals surface area contributed by atoms with E-state index >= 15 is 0 Å². The predicted molar refractivity (Wildman–Crippen MR) is 62.9 cm³/mol. The SMILES string of the molecule is CCCC(C)(NC(=O)CC(C)C)C(=O)OC. The number of carbonyl (C=O) groups excluding carboxylic acids is 2. The number of amides is 1. The van der Waals surface area contributed by atoms with Gasteiger partial charge in [-0.15, -0.1) is 0 Å². The van der Waals surface area contributed by atoms with Crippen LogP contribution in [-0.4, -0.2) is 24.5 Å². The lowest BCUT2D eigenvalue weighted by Gasteiger charge is -2.27. The van der Waals surface area contributed by atoms with Gasteiger partial charge in [0.1, 0.15) is 5.54 Å². The smallest absolute Gasteiger partial charge is 0.331 e. The van der Waals surface area contributed by atoms with Gasteiger partial charge < -0.3 is 10.1 Å². The molecule has 1 unspecified atom stereocenters. The van der Waals surface area contributed by atoms with Crippen molar-refractivity contribution in [3.8, 4) is 0 Å². The number of methoxy groups -OCH3 is 1. The summed E-state index contributed by atoms with van der Waals surface area (Å²) in [4.78, 5) is 23.3. The highest BCUT2D eigenvalue weighted by molar-refractivity contribution is 5.87. The number of carbonyl (C=O) groups is 2. The summed E-state index contributed by atoms with van der Waals surface area (Å²) in [5.74, 6) is -0.202. The van der Waals surface area contributed by atoms with Gasteiger partial charge in [0.15, 0.2) is 0 Å². The molecular formula is C12H23NO3. The monoisotopic (exact) mass is 229 g/mol. The van der Waals surface area contributed by atoms with Crippen molar-refractivity contribution in [2.24, 2.45) is 5.92 Å². The molecule has 0 aromatic heterocycles. The molecule has 0 spiro atoms. The number of hydrogen-bond acceptors (Lipinski definition) is 3. The summed E-state index contributed by atoms with van der Waals surface area (Å²) in [6.45, 7) is 7.61. The Kier molecular flexibility index (Phi) is 6.08. The zero-order chi connectivity index (χ0) is 12.8. The Morgan fingerprint density at radius 1 is 1.38 bits per heavy atom. The van der Waals surface area contributed by atoms with E-state index in [0.717, 1.165) is 6.42 Å². The van der Waals surface area contributed by atoms with Crippen LogP contribution in [0.3, 0.4) is 0 Å². The lowest BCUT2D eigenvalue weighted by molar-refractivity contribution is -0.150. The minimum absolute atomic E-state index is 0.101. The fourth-order valence-electron chi connectivity index (χ4n) is 1.67. The first-order valence-corrected chi connectivity index (χ1v) is 5.75. The molecule has 0 aromatic rings. The van der Waals surface area contributed by atoms with E-state index in [1.165, 1.54) is 7.11 Å². The van der Waals surface area contributed by atoms with Gasteiger partial charge in [-0.3, -0.25) is 4.79 Å². The van der Waals surface area contributed by atoms with Gasteiger partial charge in [0.25, 0.3) is 0 Å². The van der Waals surface area contributed by atoms with Gasteiger partial charge in [0.2, 0.25) is 5.91 Å². The third-order valence-electron chi connectivity index (χ3n) is 2.39. The van der Waals surface area contributed by atoms with Gasteiger partial charge in [-0.2, -0.15) is 0 Å². The van der Waals surface area contributed by atoms with Gasteiger partial charge in [-0.1, -0.05) is 27.2 Å². The zero-order valence-corrected chi connectivity index (χ0v) is 10.9. The van der Waals surface area contributed by atoms with Crippen molar-refractivity contribution < 1.29 is 14.3 Å². The van der Waals surface area contributed by atoms with Crippen molar-refractivity contribution in [3.63, 3.8) is 0 Å². The highest BCUT2D eigenvalue weighted by Gasteiger charge is 2.34. The molecule has 0 saturated heterocycles. The highest BCUT2D eigenvalue weighted by Crippen LogP contribution is 2.15. The van der Waals surface area contributed by atoms with Crippen LogP contribution in [0.4, 0.5) is 0 Å². The van der Waals surface area contributed by atoms with E-state index in [1.54, 1.807) is 6.92 Å². The summed E-state index contributed by atoms with van der Waals surface area (Å²) in [6, 6.07) is 0. The molecule has 4 nitrogen and oxygen atoms in total. The van der Waals surface area contributed by atoms with Crippen molar-refractivity contribution in [2.75, 3.05) is 7.11 Å². The molecule has 0 aliphatic carbocycles. The molecule has 1 atom stereocenters. The summed E-state index contributed by atoms with van der Waals surface area (Å²) in [7, 11) is 1.34. The highest BCUT2D eigenvalue weighted by atomic mass is 16.5. The normalized spacial score (nSPS) is 14.4. The van der Waals surface area contributed by atoms with E-state index in [9.17, 15) is 9.59 Å². The van der Waals surface area contributed by atoms with E-state index < -0.39 is 5.54 Å². The Morgan fingerprint density at radius 3 is 2.31 bits per heavy atom. The standard InChI is InChI=1S/C12H23NO3/c1-6-7-12(4,11(15)16-5)13-10(14)8-9(2)3/h9H,6-8H2,1-5H3,(H,13,14). The quantitative estimate of drug-likeness (QED) is 0.707. The van der Waals surface area contributed by atoms with E-state index in [1.807, 2.05) is 20.8 Å². The molecule has 4 heteroatoms. The molecule has 16 heavy (non-hydrogen) atoms.